The molecule has 0 aromatic heterocycles. The summed E-state index contributed by atoms with van der Waals surface area (Å²) in [6.45, 7) is 14.7. The van der Waals surface area contributed by atoms with Gasteiger partial charge in [0.05, 0.1) is 12.0 Å². The first-order valence-corrected chi connectivity index (χ1v) is 15.4. The summed E-state index contributed by atoms with van der Waals surface area (Å²) in [6, 6.07) is 0. The predicted octanol–water partition coefficient (Wildman–Crippen LogP) is 10.4. The third-order valence-electron chi connectivity index (χ3n) is 10.7. The Bertz CT molecular complexity index is 883. The molecule has 8 unspecified atom stereocenters. The molecule has 4 aliphatic rings. The second-order valence-corrected chi connectivity index (χ2v) is 13.1. The number of rotatable bonds is 7. The van der Waals surface area contributed by atoms with E-state index >= 15 is 0 Å². The number of aliphatic hydroxyl groups excluding tert-OH is 1. The maximum absolute atomic E-state index is 14.5. The molecule has 0 radical (unpaired) electrons. The molecule has 0 aliphatic heterocycles. The third-order valence-corrected chi connectivity index (χ3v) is 10.7. The summed E-state index contributed by atoms with van der Waals surface area (Å²) in [5, 5.41) is 10.2. The van der Waals surface area contributed by atoms with Crippen molar-refractivity contribution in [3.63, 3.8) is 0 Å². The largest absolute Gasteiger partial charge is 0.393 e. The predicted molar refractivity (Wildman–Crippen MR) is 154 cm³/mol. The molecule has 0 amide bonds. The van der Waals surface area contributed by atoms with Crippen LogP contribution in [0.1, 0.15) is 112 Å². The van der Waals surface area contributed by atoms with E-state index in [1.165, 1.54) is 12.0 Å². The number of halogens is 3. The molecule has 3 saturated carbocycles. The summed E-state index contributed by atoms with van der Waals surface area (Å²) < 4.78 is 43.6. The maximum atomic E-state index is 14.5. The van der Waals surface area contributed by atoms with Crippen LogP contribution in [0.15, 0.2) is 48.1 Å². The van der Waals surface area contributed by atoms with Crippen LogP contribution in [0.25, 0.3) is 0 Å². The van der Waals surface area contributed by atoms with Gasteiger partial charge in [-0.15, -0.1) is 0 Å². The van der Waals surface area contributed by atoms with Crippen LogP contribution in [0.2, 0.25) is 0 Å². The summed E-state index contributed by atoms with van der Waals surface area (Å²) in [5.41, 5.74) is 2.20. The number of hydrogen-bond acceptors (Lipinski definition) is 1. The topological polar surface area (TPSA) is 20.2 Å². The Balaban J connectivity index is 0.00000127. The van der Waals surface area contributed by atoms with Crippen LogP contribution in [0.5, 0.6) is 0 Å². The Morgan fingerprint density at radius 1 is 1.11 bits per heavy atom. The molecule has 0 bridgehead atoms. The average Bonchev–Trinajstić information content (AvgIpc) is 3.20. The number of hydrogen-bond donors (Lipinski definition) is 1. The average molecular weight is 535 g/mol. The zero-order valence-corrected chi connectivity index (χ0v) is 24.6. The lowest BCUT2D eigenvalue weighted by Gasteiger charge is -2.58. The molecule has 0 saturated heterocycles. The molecule has 0 spiro atoms. The van der Waals surface area contributed by atoms with Gasteiger partial charge in [0.25, 0.3) is 0 Å². The van der Waals surface area contributed by atoms with Crippen LogP contribution in [0, 0.1) is 40.4 Å². The fourth-order valence-electron chi connectivity index (χ4n) is 8.84. The second kappa shape index (κ2) is 12.9. The molecule has 216 valence electrons. The van der Waals surface area contributed by atoms with E-state index in [4.69, 9.17) is 0 Å². The number of allylic oxidation sites excluding steroid dienone is 6. The summed E-state index contributed by atoms with van der Waals surface area (Å²) >= 11 is 0. The van der Waals surface area contributed by atoms with E-state index in [1.54, 1.807) is 6.08 Å². The van der Waals surface area contributed by atoms with Crippen LogP contribution in [0.3, 0.4) is 0 Å². The Morgan fingerprint density at radius 3 is 2.45 bits per heavy atom. The van der Waals surface area contributed by atoms with Crippen molar-refractivity contribution >= 4 is 0 Å². The molecule has 0 aromatic rings. The van der Waals surface area contributed by atoms with E-state index in [2.05, 4.69) is 40.3 Å². The molecule has 8 atom stereocenters. The van der Waals surface area contributed by atoms with Gasteiger partial charge in [-0.2, -0.15) is 13.2 Å². The Hall–Kier alpha value is -1.29. The van der Waals surface area contributed by atoms with Crippen LogP contribution in [0.4, 0.5) is 13.2 Å². The van der Waals surface area contributed by atoms with Gasteiger partial charge in [0.2, 0.25) is 0 Å². The van der Waals surface area contributed by atoms with Gasteiger partial charge in [0.15, 0.2) is 0 Å². The van der Waals surface area contributed by atoms with Crippen LogP contribution >= 0.6 is 0 Å². The van der Waals surface area contributed by atoms with E-state index in [9.17, 15) is 18.3 Å². The SMILES string of the molecule is C=C/C(=C\C=C/CC)CCC(C1CCC2C3CC=C4CC(O)CCC4(C)C3CCC21C)C(F)(F)F.CCC. The van der Waals surface area contributed by atoms with E-state index < -0.39 is 12.1 Å². The lowest BCUT2D eigenvalue weighted by molar-refractivity contribution is -0.205. The summed E-state index contributed by atoms with van der Waals surface area (Å²) in [6.07, 6.45) is 15.5. The van der Waals surface area contributed by atoms with Gasteiger partial charge in [0.1, 0.15) is 0 Å². The highest BCUT2D eigenvalue weighted by molar-refractivity contribution is 5.26. The standard InChI is InChI=1S/C31H45F3O.C3H8/c1-5-7-8-9-21(6-2)10-13-28(31(32,33)34)27-15-14-25-24-12-11-22-20-23(35)16-18-29(22,3)26(24)17-19-30(25,27)4;1-3-2/h6-9,11,23-28,35H,2,5,10,12-20H2,1,3-4H3;3H2,1-2H3/b8-7-,21-9+;. The molecule has 4 rings (SSSR count). The lowest BCUT2D eigenvalue weighted by atomic mass is 9.47. The van der Waals surface area contributed by atoms with Crippen molar-refractivity contribution in [2.45, 2.75) is 124 Å². The number of fused-ring (bicyclic) bond motifs is 5. The van der Waals surface area contributed by atoms with Gasteiger partial charge in [-0.1, -0.05) is 83.6 Å². The van der Waals surface area contributed by atoms with Gasteiger partial charge in [0, 0.05) is 0 Å². The van der Waals surface area contributed by atoms with Gasteiger partial charge in [-0.25, -0.2) is 0 Å². The number of alkyl halides is 3. The molecule has 1 nitrogen and oxygen atoms in total. The van der Waals surface area contributed by atoms with Crippen molar-refractivity contribution in [2.24, 2.45) is 40.4 Å². The molecular formula is C34H53F3O. The fraction of sp³-hybridized carbons (Fsp3) is 0.765. The molecule has 38 heavy (non-hydrogen) atoms. The summed E-state index contributed by atoms with van der Waals surface area (Å²) in [4.78, 5) is 0. The van der Waals surface area contributed by atoms with Crippen LogP contribution < -0.4 is 0 Å². The lowest BCUT2D eigenvalue weighted by Crippen LogP contribution is -2.51. The van der Waals surface area contributed by atoms with E-state index in [0.29, 0.717) is 30.6 Å². The van der Waals surface area contributed by atoms with Crippen molar-refractivity contribution in [3.05, 3.63) is 48.1 Å². The normalized spacial score (nSPS) is 37.9. The smallest absolute Gasteiger partial charge is 0.392 e. The van der Waals surface area contributed by atoms with E-state index in [-0.39, 0.29) is 29.3 Å². The van der Waals surface area contributed by atoms with Gasteiger partial charge < -0.3 is 5.11 Å². The van der Waals surface area contributed by atoms with Crippen molar-refractivity contribution in [1.29, 1.82) is 0 Å². The van der Waals surface area contributed by atoms with Crippen LogP contribution in [-0.4, -0.2) is 17.4 Å². The van der Waals surface area contributed by atoms with Crippen molar-refractivity contribution in [1.82, 2.24) is 0 Å². The molecule has 4 aliphatic carbocycles. The molecular weight excluding hydrogens is 481 g/mol. The Morgan fingerprint density at radius 2 is 1.82 bits per heavy atom. The summed E-state index contributed by atoms with van der Waals surface area (Å²) in [7, 11) is 0. The van der Waals surface area contributed by atoms with Gasteiger partial charge in [-0.3, -0.25) is 0 Å². The molecule has 3 fully saturated rings. The van der Waals surface area contributed by atoms with Crippen molar-refractivity contribution < 1.29 is 18.3 Å². The number of aliphatic hydroxyl groups is 1. The zero-order chi connectivity index (χ0) is 28.1. The second-order valence-electron chi connectivity index (χ2n) is 13.1. The Kier molecular flexibility index (Phi) is 10.6. The fourth-order valence-corrected chi connectivity index (χ4v) is 8.84. The quantitative estimate of drug-likeness (QED) is 0.254. The minimum absolute atomic E-state index is 0.126. The summed E-state index contributed by atoms with van der Waals surface area (Å²) in [5.74, 6) is -0.129. The third kappa shape index (κ3) is 6.37. The minimum Gasteiger partial charge on any atom is -0.393 e. The van der Waals surface area contributed by atoms with E-state index in [0.717, 1.165) is 56.9 Å². The highest BCUT2D eigenvalue weighted by Crippen LogP contribution is 2.68. The first kappa shape index (κ1) is 31.2. The highest BCUT2D eigenvalue weighted by Gasteiger charge is 2.62. The monoisotopic (exact) mass is 534 g/mol. The molecule has 0 heterocycles. The molecule has 4 heteroatoms. The first-order chi connectivity index (χ1) is 18.0. The maximum Gasteiger partial charge on any atom is 0.392 e. The van der Waals surface area contributed by atoms with Crippen molar-refractivity contribution in [2.75, 3.05) is 0 Å². The van der Waals surface area contributed by atoms with Gasteiger partial charge >= 0.3 is 6.18 Å². The van der Waals surface area contributed by atoms with E-state index in [1.807, 2.05) is 25.2 Å². The zero-order valence-electron chi connectivity index (χ0n) is 24.6. The van der Waals surface area contributed by atoms with Crippen molar-refractivity contribution in [3.8, 4) is 0 Å². The highest BCUT2D eigenvalue weighted by atomic mass is 19.4. The molecule has 1 N–H and O–H groups in total. The molecule has 0 aromatic carbocycles. The first-order valence-electron chi connectivity index (χ1n) is 15.4. The minimum atomic E-state index is -4.17. The van der Waals surface area contributed by atoms with Gasteiger partial charge in [-0.05, 0) is 111 Å². The Labute approximate surface area is 230 Å². The van der Waals surface area contributed by atoms with Crippen LogP contribution in [-0.2, 0) is 0 Å².